The number of halogens is 2. The first kappa shape index (κ1) is 19.7. The van der Waals surface area contributed by atoms with Crippen LogP contribution in [0.4, 0.5) is 5.69 Å². The van der Waals surface area contributed by atoms with Crippen molar-refractivity contribution in [3.8, 4) is 6.07 Å². The molecule has 2 aliphatic rings. The molecule has 1 unspecified atom stereocenters. The highest BCUT2D eigenvalue weighted by molar-refractivity contribution is 6.36. The van der Waals surface area contributed by atoms with Crippen LogP contribution in [0.15, 0.2) is 67.0 Å². The van der Waals surface area contributed by atoms with Gasteiger partial charge >= 0.3 is 0 Å². The van der Waals surface area contributed by atoms with Crippen LogP contribution in [-0.4, -0.2) is 27.5 Å². The average molecular weight is 450 g/mol. The number of pyridine rings is 1. The first-order valence-electron chi connectivity index (χ1n) is 9.33. The Bertz CT molecular complexity index is 1270. The highest BCUT2D eigenvalue weighted by Crippen LogP contribution is 2.71. The van der Waals surface area contributed by atoms with Gasteiger partial charge in [0.25, 0.3) is 5.91 Å². The number of nitriles is 1. The molecule has 2 heterocycles. The fraction of sp³-hybridized carbons (Fsp3) is 0.130. The number of piperidine rings is 1. The molecular weight excluding hydrogens is 437 g/mol. The summed E-state index contributed by atoms with van der Waals surface area (Å²) in [6, 6.07) is 16.3. The molecular formula is C23H13Cl2N3O3. The van der Waals surface area contributed by atoms with E-state index >= 15 is 0 Å². The van der Waals surface area contributed by atoms with E-state index in [0.29, 0.717) is 16.7 Å². The van der Waals surface area contributed by atoms with Gasteiger partial charge in [-0.15, -0.1) is 0 Å². The summed E-state index contributed by atoms with van der Waals surface area (Å²) in [6.07, 6.45) is 3.09. The normalized spacial score (nSPS) is 26.5. The Morgan fingerprint density at radius 3 is 2.06 bits per heavy atom. The van der Waals surface area contributed by atoms with Crippen LogP contribution < -0.4 is 4.90 Å². The predicted molar refractivity (Wildman–Crippen MR) is 114 cm³/mol. The largest absolute Gasteiger partial charge is 0.378 e. The molecule has 2 fully saturated rings. The molecule has 1 saturated heterocycles. The van der Waals surface area contributed by atoms with Crippen molar-refractivity contribution in [1.29, 1.82) is 5.26 Å². The van der Waals surface area contributed by atoms with Crippen LogP contribution in [0, 0.1) is 17.2 Å². The molecule has 3 aromatic rings. The predicted octanol–water partition coefficient (Wildman–Crippen LogP) is 3.48. The summed E-state index contributed by atoms with van der Waals surface area (Å²) in [4.78, 5) is 31.9. The van der Waals surface area contributed by atoms with Gasteiger partial charge in [-0.25, -0.2) is 4.90 Å². The molecule has 1 aliphatic carbocycles. The van der Waals surface area contributed by atoms with Crippen molar-refractivity contribution in [2.24, 2.45) is 5.92 Å². The molecule has 1 aliphatic heterocycles. The van der Waals surface area contributed by atoms with Crippen LogP contribution in [0.1, 0.15) is 16.7 Å². The maximum Gasteiger partial charge on any atom is 0.267 e. The van der Waals surface area contributed by atoms with E-state index in [2.05, 4.69) is 4.98 Å². The van der Waals surface area contributed by atoms with Gasteiger partial charge in [-0.2, -0.15) is 5.26 Å². The lowest BCUT2D eigenvalue weighted by Crippen LogP contribution is -2.45. The number of hydrogen-bond acceptors (Lipinski definition) is 5. The van der Waals surface area contributed by atoms with Crippen molar-refractivity contribution in [2.45, 2.75) is 11.0 Å². The maximum atomic E-state index is 13.5. The number of rotatable bonds is 3. The van der Waals surface area contributed by atoms with E-state index in [1.54, 1.807) is 48.8 Å². The first-order chi connectivity index (χ1) is 14.9. The minimum Gasteiger partial charge on any atom is -0.378 e. The van der Waals surface area contributed by atoms with E-state index in [9.17, 15) is 14.7 Å². The highest BCUT2D eigenvalue weighted by atomic mass is 35.5. The van der Waals surface area contributed by atoms with E-state index < -0.39 is 28.7 Å². The van der Waals surface area contributed by atoms with Gasteiger partial charge in [-0.05, 0) is 53.6 Å². The molecule has 0 bridgehead atoms. The third-order valence-electron chi connectivity index (χ3n) is 6.08. The van der Waals surface area contributed by atoms with Crippen LogP contribution in [0.5, 0.6) is 0 Å². The van der Waals surface area contributed by atoms with Crippen LogP contribution >= 0.6 is 23.2 Å². The van der Waals surface area contributed by atoms with Gasteiger partial charge in [0.1, 0.15) is 0 Å². The molecule has 0 spiro atoms. The third-order valence-corrected chi connectivity index (χ3v) is 6.51. The van der Waals surface area contributed by atoms with Crippen molar-refractivity contribution in [2.75, 3.05) is 4.90 Å². The Morgan fingerprint density at radius 2 is 1.55 bits per heavy atom. The number of hydrogen-bond donors (Lipinski definition) is 1. The summed E-state index contributed by atoms with van der Waals surface area (Å²) in [5, 5.41) is 21.3. The third kappa shape index (κ3) is 2.45. The number of benzene rings is 2. The zero-order chi connectivity index (χ0) is 22.0. The fourth-order valence-corrected chi connectivity index (χ4v) is 5.31. The van der Waals surface area contributed by atoms with Gasteiger partial charge in [-0.1, -0.05) is 35.3 Å². The van der Waals surface area contributed by atoms with E-state index in [-0.39, 0.29) is 15.7 Å². The number of aromatic nitrogens is 1. The molecule has 1 aromatic heterocycles. The second-order valence-electron chi connectivity index (χ2n) is 7.54. The molecule has 3 atom stereocenters. The number of carbonyl (C=O) groups excluding carboxylic acids is 2. The van der Waals surface area contributed by atoms with E-state index in [1.165, 1.54) is 18.2 Å². The van der Waals surface area contributed by atoms with Crippen molar-refractivity contribution in [1.82, 2.24) is 4.98 Å². The molecule has 1 N–H and O–H groups in total. The summed E-state index contributed by atoms with van der Waals surface area (Å²) in [6.45, 7) is 0. The number of fused-ring (bicyclic) bond motifs is 1. The number of imide groups is 1. The second-order valence-corrected chi connectivity index (χ2v) is 8.41. The summed E-state index contributed by atoms with van der Waals surface area (Å²) in [5.74, 6) is -2.34. The van der Waals surface area contributed by atoms with E-state index in [4.69, 9.17) is 28.5 Å². The smallest absolute Gasteiger partial charge is 0.267 e. The van der Waals surface area contributed by atoms with Crippen LogP contribution in [0.25, 0.3) is 0 Å². The van der Waals surface area contributed by atoms with Gasteiger partial charge in [0.15, 0.2) is 5.60 Å². The zero-order valence-corrected chi connectivity index (χ0v) is 17.3. The number of carbonyl (C=O) groups is 2. The molecule has 2 amide bonds. The topological polar surface area (TPSA) is 94.3 Å². The number of anilines is 1. The van der Waals surface area contributed by atoms with Crippen LogP contribution in [-0.2, 0) is 15.0 Å². The SMILES string of the molecule is N#Cc1ccc([C@]2(c3ccncc3)[C@@H]3C(=O)N(c4cc(Cl)cc(Cl)c4)C(=O)C32O)cc1. The Labute approximate surface area is 187 Å². The van der Waals surface area contributed by atoms with E-state index in [1.807, 2.05) is 6.07 Å². The molecule has 152 valence electrons. The Kier molecular flexibility index (Phi) is 4.21. The molecule has 1 saturated carbocycles. The molecule has 6 nitrogen and oxygen atoms in total. The van der Waals surface area contributed by atoms with Gasteiger partial charge < -0.3 is 5.11 Å². The maximum absolute atomic E-state index is 13.5. The van der Waals surface area contributed by atoms with Crippen LogP contribution in [0.3, 0.4) is 0 Å². The summed E-state index contributed by atoms with van der Waals surface area (Å²) in [5.41, 5.74) is -1.48. The van der Waals surface area contributed by atoms with Crippen molar-refractivity contribution >= 4 is 40.7 Å². The summed E-state index contributed by atoms with van der Waals surface area (Å²) < 4.78 is 0. The lowest BCUT2D eigenvalue weighted by atomic mass is 9.82. The van der Waals surface area contributed by atoms with Crippen molar-refractivity contribution < 1.29 is 14.7 Å². The fourth-order valence-electron chi connectivity index (χ4n) is 4.79. The van der Waals surface area contributed by atoms with E-state index in [0.717, 1.165) is 4.90 Å². The monoisotopic (exact) mass is 449 g/mol. The molecule has 31 heavy (non-hydrogen) atoms. The standard InChI is InChI=1S/C23H13Cl2N3O3/c24-16-9-17(25)11-18(10-16)28-20(29)19-22(23(19,31)21(28)30,15-5-7-27-8-6-15)14-3-1-13(12-26)2-4-14/h1-11,19,31H/t19-,22-,23?/m0/s1. The molecule has 0 radical (unpaired) electrons. The van der Waals surface area contributed by atoms with Gasteiger partial charge in [0.05, 0.1) is 28.7 Å². The Balaban J connectivity index is 1.68. The second kappa shape index (κ2) is 6.63. The van der Waals surface area contributed by atoms with Crippen molar-refractivity contribution in [3.63, 3.8) is 0 Å². The Hall–Kier alpha value is -3.24. The first-order valence-corrected chi connectivity index (χ1v) is 10.1. The summed E-state index contributed by atoms with van der Waals surface area (Å²) in [7, 11) is 0. The lowest BCUT2D eigenvalue weighted by molar-refractivity contribution is -0.129. The highest BCUT2D eigenvalue weighted by Gasteiger charge is 2.89. The quantitative estimate of drug-likeness (QED) is 0.617. The van der Waals surface area contributed by atoms with Gasteiger partial charge in [0.2, 0.25) is 5.91 Å². The summed E-state index contributed by atoms with van der Waals surface area (Å²) >= 11 is 12.1. The minimum absolute atomic E-state index is 0.205. The number of nitrogens with zero attached hydrogens (tertiary/aromatic N) is 3. The molecule has 5 rings (SSSR count). The zero-order valence-electron chi connectivity index (χ0n) is 15.8. The molecule has 8 heteroatoms. The van der Waals surface area contributed by atoms with Gasteiger partial charge in [0, 0.05) is 22.4 Å². The minimum atomic E-state index is -1.99. The lowest BCUT2D eigenvalue weighted by Gasteiger charge is -2.28. The number of aliphatic hydroxyl groups is 1. The van der Waals surface area contributed by atoms with Crippen LogP contribution in [0.2, 0.25) is 10.0 Å². The Morgan fingerprint density at radius 1 is 0.968 bits per heavy atom. The van der Waals surface area contributed by atoms with Gasteiger partial charge in [-0.3, -0.25) is 14.6 Å². The van der Waals surface area contributed by atoms with Crippen molar-refractivity contribution in [3.05, 3.63) is 93.7 Å². The molecule has 2 aromatic carbocycles. The average Bonchev–Trinajstić information content (AvgIpc) is 3.28. The number of amides is 2.